The van der Waals surface area contributed by atoms with Crippen molar-refractivity contribution in [3.05, 3.63) is 104 Å². The number of amides is 1. The topological polar surface area (TPSA) is 71.4 Å². The van der Waals surface area contributed by atoms with Crippen LogP contribution in [0.3, 0.4) is 0 Å². The molecule has 39 heavy (non-hydrogen) atoms. The lowest BCUT2D eigenvalue weighted by molar-refractivity contribution is -0.275. The second-order valence-electron chi connectivity index (χ2n) is 9.39. The third-order valence-electron chi connectivity index (χ3n) is 6.76. The average Bonchev–Trinajstić information content (AvgIpc) is 3.36. The number of alkyl halides is 3. The van der Waals surface area contributed by atoms with Crippen LogP contribution in [0.1, 0.15) is 28.7 Å². The first-order valence-electron chi connectivity index (χ1n) is 11.7. The van der Waals surface area contributed by atoms with E-state index in [0.717, 1.165) is 17.7 Å². The molecule has 5 rings (SSSR count). The van der Waals surface area contributed by atoms with E-state index in [1.807, 2.05) is 30.3 Å². The second kappa shape index (κ2) is 10.2. The Kier molecular flexibility index (Phi) is 7.22. The molecule has 0 radical (unpaired) electrons. The molecule has 0 aliphatic carbocycles. The number of β-amino-alcohol motifs (C(OH)–C–C–N with tert-alkyl or cyclic N) is 1. The van der Waals surface area contributed by atoms with E-state index < -0.39 is 29.9 Å². The molecule has 3 aromatic carbocycles. The Morgan fingerprint density at radius 2 is 1.62 bits per heavy atom. The molecule has 0 spiro atoms. The van der Waals surface area contributed by atoms with Gasteiger partial charge >= 0.3 is 12.3 Å². The number of oxime groups is 1. The van der Waals surface area contributed by atoms with Crippen LogP contribution in [0.5, 0.6) is 0 Å². The molecule has 2 aliphatic rings. The summed E-state index contributed by atoms with van der Waals surface area (Å²) in [5.74, 6) is 0. The van der Waals surface area contributed by atoms with Gasteiger partial charge in [-0.05, 0) is 28.8 Å². The largest absolute Gasteiger partial charge is 0.445 e. The molecule has 1 atom stereocenters. The molecule has 2 heterocycles. The molecule has 3 aromatic rings. The van der Waals surface area contributed by atoms with Crippen LogP contribution >= 0.6 is 34.8 Å². The van der Waals surface area contributed by atoms with Crippen molar-refractivity contribution in [2.75, 3.05) is 13.1 Å². The van der Waals surface area contributed by atoms with Gasteiger partial charge in [0, 0.05) is 12.0 Å². The van der Waals surface area contributed by atoms with Crippen LogP contribution in [0.4, 0.5) is 18.0 Å². The Bertz CT molecular complexity index is 1410. The van der Waals surface area contributed by atoms with Gasteiger partial charge in [0.15, 0.2) is 0 Å². The summed E-state index contributed by atoms with van der Waals surface area (Å²) in [6.45, 7) is 0.139. The Morgan fingerprint density at radius 3 is 2.21 bits per heavy atom. The fourth-order valence-electron chi connectivity index (χ4n) is 4.53. The fourth-order valence-corrected chi connectivity index (χ4v) is 5.12. The van der Waals surface area contributed by atoms with Gasteiger partial charge < -0.3 is 19.6 Å². The van der Waals surface area contributed by atoms with Crippen molar-refractivity contribution in [1.82, 2.24) is 4.90 Å². The number of carbonyl (C=O) groups is 1. The van der Waals surface area contributed by atoms with Gasteiger partial charge in [0.25, 0.3) is 5.60 Å². The third-order valence-corrected chi connectivity index (χ3v) is 7.96. The molecule has 0 aromatic heterocycles. The maximum Gasteiger partial charge on any atom is 0.435 e. The Balaban J connectivity index is 1.26. The van der Waals surface area contributed by atoms with Crippen molar-refractivity contribution < 1.29 is 32.6 Å². The van der Waals surface area contributed by atoms with E-state index in [1.165, 1.54) is 4.90 Å². The van der Waals surface area contributed by atoms with E-state index in [1.54, 1.807) is 24.3 Å². The van der Waals surface area contributed by atoms with Gasteiger partial charge in [0.2, 0.25) is 0 Å². The van der Waals surface area contributed by atoms with Crippen LogP contribution in [0.15, 0.2) is 71.9 Å². The summed E-state index contributed by atoms with van der Waals surface area (Å²) < 4.78 is 48.1. The number of hydrogen-bond acceptors (Lipinski definition) is 5. The molecule has 0 bridgehead atoms. The first-order chi connectivity index (χ1) is 18.4. The number of halogens is 6. The summed E-state index contributed by atoms with van der Waals surface area (Å²) in [6, 6.07) is 17.6. The van der Waals surface area contributed by atoms with E-state index in [-0.39, 0.29) is 46.0 Å². The van der Waals surface area contributed by atoms with E-state index in [4.69, 9.17) is 44.4 Å². The summed E-state index contributed by atoms with van der Waals surface area (Å²) >= 11 is 17.9. The lowest BCUT2D eigenvalue weighted by atomic mass is 9.84. The van der Waals surface area contributed by atoms with Gasteiger partial charge in [-0.3, -0.25) is 0 Å². The minimum atomic E-state index is -4.85. The van der Waals surface area contributed by atoms with Crippen LogP contribution in [0, 0.1) is 0 Å². The second-order valence-corrected chi connectivity index (χ2v) is 10.6. The van der Waals surface area contributed by atoms with Crippen molar-refractivity contribution in [2.24, 2.45) is 5.16 Å². The molecule has 2 aliphatic heterocycles. The first-order valence-corrected chi connectivity index (χ1v) is 12.8. The third kappa shape index (κ3) is 5.16. The number of aliphatic hydroxyl groups is 1. The Labute approximate surface area is 236 Å². The SMILES string of the molecule is O=C(OCc1ccccc1)N1CC(O)(c2ccc(C3=NO[C@@](c4cc(Cl)c(Cl)c(Cl)c4)(C(F)(F)F)C3)cc2)C1. The van der Waals surface area contributed by atoms with Crippen molar-refractivity contribution in [3.8, 4) is 0 Å². The monoisotopic (exact) mass is 598 g/mol. The van der Waals surface area contributed by atoms with Gasteiger partial charge in [0.05, 0.1) is 33.9 Å². The van der Waals surface area contributed by atoms with Crippen molar-refractivity contribution in [1.29, 1.82) is 0 Å². The molecular weight excluding hydrogens is 580 g/mol. The highest BCUT2D eigenvalue weighted by atomic mass is 35.5. The van der Waals surface area contributed by atoms with Crippen LogP contribution in [-0.4, -0.2) is 41.1 Å². The number of likely N-dealkylation sites (tertiary alicyclic amines) is 1. The molecule has 1 N–H and O–H groups in total. The normalized spacial score (nSPS) is 20.2. The van der Waals surface area contributed by atoms with Crippen molar-refractivity contribution in [3.63, 3.8) is 0 Å². The molecule has 6 nitrogen and oxygen atoms in total. The molecule has 0 saturated carbocycles. The first kappa shape index (κ1) is 27.6. The highest BCUT2D eigenvalue weighted by molar-refractivity contribution is 6.48. The van der Waals surface area contributed by atoms with Crippen molar-refractivity contribution >= 4 is 46.6 Å². The number of nitrogens with zero attached hydrogens (tertiary/aromatic N) is 2. The highest BCUT2D eigenvalue weighted by Crippen LogP contribution is 2.50. The predicted octanol–water partition coefficient (Wildman–Crippen LogP) is 7.07. The van der Waals surface area contributed by atoms with Crippen LogP contribution in [0.25, 0.3) is 0 Å². The zero-order valence-electron chi connectivity index (χ0n) is 20.0. The lowest BCUT2D eigenvalue weighted by Crippen LogP contribution is -2.61. The van der Waals surface area contributed by atoms with Gasteiger partial charge in [-0.2, -0.15) is 13.2 Å². The summed E-state index contributed by atoms with van der Waals surface area (Å²) in [6.07, 6.45) is -6.03. The Hall–Kier alpha value is -2.98. The van der Waals surface area contributed by atoms with Gasteiger partial charge in [-0.1, -0.05) is 94.6 Å². The zero-order valence-corrected chi connectivity index (χ0v) is 22.3. The van der Waals surface area contributed by atoms with Crippen LogP contribution in [-0.2, 0) is 27.4 Å². The molecule has 1 fully saturated rings. The lowest BCUT2D eigenvalue weighted by Gasteiger charge is -2.45. The summed E-state index contributed by atoms with van der Waals surface area (Å²) in [5, 5.41) is 14.4. The molecule has 1 saturated heterocycles. The predicted molar refractivity (Wildman–Crippen MR) is 140 cm³/mol. The average molecular weight is 600 g/mol. The number of carbonyl (C=O) groups excluding carboxylic acids is 1. The summed E-state index contributed by atoms with van der Waals surface area (Å²) in [5.41, 5.74) is -2.68. The van der Waals surface area contributed by atoms with E-state index in [9.17, 15) is 23.1 Å². The van der Waals surface area contributed by atoms with Crippen molar-refractivity contribution in [2.45, 2.75) is 30.4 Å². The molecule has 1 amide bonds. The number of ether oxygens (including phenoxy) is 1. The Morgan fingerprint density at radius 1 is 1.00 bits per heavy atom. The smallest absolute Gasteiger partial charge is 0.435 e. The molecular formula is C27H20Cl3F3N2O4. The zero-order chi connectivity index (χ0) is 28.0. The molecule has 204 valence electrons. The van der Waals surface area contributed by atoms with E-state index in [2.05, 4.69) is 5.16 Å². The van der Waals surface area contributed by atoms with Gasteiger partial charge in [-0.15, -0.1) is 0 Å². The highest BCUT2D eigenvalue weighted by Gasteiger charge is 2.62. The molecule has 0 unspecified atom stereocenters. The minimum absolute atomic E-state index is 0.0132. The maximum absolute atomic E-state index is 14.3. The summed E-state index contributed by atoms with van der Waals surface area (Å²) in [4.78, 5) is 18.7. The number of benzene rings is 3. The van der Waals surface area contributed by atoms with Gasteiger partial charge in [-0.25, -0.2) is 4.79 Å². The minimum Gasteiger partial charge on any atom is -0.445 e. The number of hydrogen-bond donors (Lipinski definition) is 1. The maximum atomic E-state index is 14.3. The summed E-state index contributed by atoms with van der Waals surface area (Å²) in [7, 11) is 0. The van der Waals surface area contributed by atoms with Crippen LogP contribution in [0.2, 0.25) is 15.1 Å². The standard InChI is InChI=1S/C27H20Cl3F3N2O4/c28-20-10-19(11-21(29)23(20)30)26(27(31,32)33)12-22(34-39-26)17-6-8-18(9-7-17)25(37)14-35(15-25)24(36)38-13-16-4-2-1-3-5-16/h1-11,37H,12-15H2/t26-/m0/s1. The van der Waals surface area contributed by atoms with E-state index >= 15 is 0 Å². The number of rotatable bonds is 5. The van der Waals surface area contributed by atoms with Gasteiger partial charge in [0.1, 0.15) is 12.2 Å². The fraction of sp³-hybridized carbons (Fsp3) is 0.259. The van der Waals surface area contributed by atoms with E-state index in [0.29, 0.717) is 11.1 Å². The molecule has 12 heteroatoms. The van der Waals surface area contributed by atoms with Crippen LogP contribution < -0.4 is 0 Å². The quantitative estimate of drug-likeness (QED) is 0.319.